The first kappa shape index (κ1) is 33.1. The summed E-state index contributed by atoms with van der Waals surface area (Å²) < 4.78 is 11.7. The molecule has 2 unspecified atom stereocenters. The van der Waals surface area contributed by atoms with Crippen molar-refractivity contribution in [3.63, 3.8) is 0 Å². The molecule has 2 aromatic rings. The second-order valence-electron chi connectivity index (χ2n) is 12.7. The summed E-state index contributed by atoms with van der Waals surface area (Å²) in [5.74, 6) is -0.641. The number of hydrogen-bond donors (Lipinski definition) is 0. The summed E-state index contributed by atoms with van der Waals surface area (Å²) in [5, 5.41) is 27.4. The Morgan fingerprint density at radius 3 is 1.49 bits per heavy atom. The molecule has 4 bridgehead atoms. The molecular formula is C30H42CuN6O4. The zero-order chi connectivity index (χ0) is 29.3. The van der Waals surface area contributed by atoms with Gasteiger partial charge in [-0.3, -0.25) is 29.8 Å². The first-order chi connectivity index (χ1) is 18.7. The van der Waals surface area contributed by atoms with E-state index in [-0.39, 0.29) is 42.0 Å². The molecule has 4 heterocycles. The average molecular weight is 614 g/mol. The molecule has 0 N–H and O–H groups in total. The van der Waals surface area contributed by atoms with Crippen LogP contribution in [0.15, 0.2) is 46.6 Å². The summed E-state index contributed by atoms with van der Waals surface area (Å²) in [6.07, 6.45) is 3.55. The fourth-order valence-electron chi connectivity index (χ4n) is 5.56. The van der Waals surface area contributed by atoms with Gasteiger partial charge in [0.1, 0.15) is 11.2 Å². The Labute approximate surface area is 254 Å². The van der Waals surface area contributed by atoms with Gasteiger partial charge in [-0.05, 0) is 88.7 Å². The summed E-state index contributed by atoms with van der Waals surface area (Å²) in [6.45, 7) is 13.3. The summed E-state index contributed by atoms with van der Waals surface area (Å²) in [7, 11) is 3.07. The molecule has 2 aliphatic heterocycles. The van der Waals surface area contributed by atoms with Crippen molar-refractivity contribution in [3.05, 3.63) is 48.0 Å². The van der Waals surface area contributed by atoms with E-state index in [2.05, 4.69) is 36.9 Å². The van der Waals surface area contributed by atoms with Crippen molar-refractivity contribution >= 4 is 11.8 Å². The van der Waals surface area contributed by atoms with E-state index in [1.165, 1.54) is 14.2 Å². The van der Waals surface area contributed by atoms with Crippen LogP contribution < -0.4 is 10.2 Å². The standard InChI is InChI=1S/C30H44N6O4.Cu/c1-27(2)17-35-15-23-13-22(21-9-11-31-12-10-21)14-24(32-23)16-36(20-29(5,39-7)25(37)33-27)18-28(3,4)34-26(38)30(6,19-35)40-8;/h9-14H,15-20H2,1-8H3,(H,33,37)(H,34,38);/q;+2/p-2/t29-,30+;. The van der Waals surface area contributed by atoms with Gasteiger partial charge in [0.2, 0.25) is 0 Å². The number of pyridine rings is 2. The third kappa shape index (κ3) is 7.91. The summed E-state index contributed by atoms with van der Waals surface area (Å²) in [5.41, 5.74) is -0.205. The average Bonchev–Trinajstić information content (AvgIpc) is 2.87. The van der Waals surface area contributed by atoms with E-state index in [1.54, 1.807) is 26.2 Å². The molecule has 2 aliphatic rings. The minimum Gasteiger partial charge on any atom is -0.860 e. The van der Waals surface area contributed by atoms with Crippen molar-refractivity contribution in [1.82, 2.24) is 19.8 Å². The number of fused-ring (bicyclic) bond motifs is 2. The fourth-order valence-corrected chi connectivity index (χ4v) is 5.56. The number of nitrogens with zero attached hydrogens (tertiary/aromatic N) is 6. The van der Waals surface area contributed by atoms with Gasteiger partial charge in [0, 0.05) is 65.9 Å². The van der Waals surface area contributed by atoms with Crippen molar-refractivity contribution in [1.29, 1.82) is 0 Å². The molecule has 0 saturated carbocycles. The maximum atomic E-state index is 13.7. The minimum absolute atomic E-state index is 0. The van der Waals surface area contributed by atoms with Gasteiger partial charge in [0.05, 0.1) is 22.5 Å². The summed E-state index contributed by atoms with van der Waals surface area (Å²) in [6, 6.07) is 8.10. The smallest absolute Gasteiger partial charge is 0.860 e. The Kier molecular flexibility index (Phi) is 10.1. The van der Waals surface area contributed by atoms with E-state index in [9.17, 15) is 10.2 Å². The second kappa shape index (κ2) is 12.5. The molecule has 0 spiro atoms. The van der Waals surface area contributed by atoms with E-state index in [4.69, 9.17) is 14.5 Å². The first-order valence-corrected chi connectivity index (χ1v) is 13.7. The number of aliphatic imine (C=N–C) groups is 2. The van der Waals surface area contributed by atoms with Crippen LogP contribution in [0, 0.1) is 0 Å². The Balaban J connectivity index is 0.00000462. The van der Waals surface area contributed by atoms with Crippen molar-refractivity contribution in [2.45, 2.75) is 76.9 Å². The van der Waals surface area contributed by atoms with Crippen LogP contribution in [0.2, 0.25) is 0 Å². The predicted octanol–water partition coefficient (Wildman–Crippen LogP) is 1.66. The van der Waals surface area contributed by atoms with Crippen LogP contribution in [0.3, 0.4) is 0 Å². The number of aromatic nitrogens is 2. The van der Waals surface area contributed by atoms with Gasteiger partial charge in [-0.1, -0.05) is 0 Å². The van der Waals surface area contributed by atoms with Gasteiger partial charge in [-0.15, -0.1) is 0 Å². The molecule has 0 aliphatic carbocycles. The third-order valence-corrected chi connectivity index (χ3v) is 7.60. The molecule has 0 saturated heterocycles. The van der Waals surface area contributed by atoms with Gasteiger partial charge in [-0.25, -0.2) is 0 Å². The molecule has 0 amide bonds. The van der Waals surface area contributed by atoms with Crippen LogP contribution in [0.5, 0.6) is 0 Å². The van der Waals surface area contributed by atoms with Gasteiger partial charge >= 0.3 is 17.1 Å². The van der Waals surface area contributed by atoms with Gasteiger partial charge < -0.3 is 19.7 Å². The van der Waals surface area contributed by atoms with E-state index in [0.29, 0.717) is 26.2 Å². The molecule has 2 aromatic heterocycles. The molecule has 227 valence electrons. The van der Waals surface area contributed by atoms with Crippen molar-refractivity contribution in [2.24, 2.45) is 9.98 Å². The van der Waals surface area contributed by atoms with Gasteiger partial charge in [0.25, 0.3) is 0 Å². The molecule has 4 atom stereocenters. The van der Waals surface area contributed by atoms with Crippen LogP contribution in [-0.2, 0) is 39.6 Å². The van der Waals surface area contributed by atoms with Crippen LogP contribution in [0.1, 0.15) is 52.9 Å². The molecule has 41 heavy (non-hydrogen) atoms. The molecule has 4 rings (SSSR count). The van der Waals surface area contributed by atoms with Crippen LogP contribution in [0.4, 0.5) is 0 Å². The van der Waals surface area contributed by atoms with Crippen LogP contribution in [-0.4, -0.2) is 94.2 Å². The monoisotopic (exact) mass is 613 g/mol. The van der Waals surface area contributed by atoms with E-state index < -0.39 is 22.3 Å². The van der Waals surface area contributed by atoms with E-state index in [1.807, 2.05) is 39.8 Å². The van der Waals surface area contributed by atoms with Crippen molar-refractivity contribution in [3.8, 4) is 11.1 Å². The van der Waals surface area contributed by atoms with Crippen LogP contribution in [0.25, 0.3) is 11.1 Å². The molecule has 1 radical (unpaired) electrons. The third-order valence-electron chi connectivity index (χ3n) is 7.60. The normalized spacial score (nSPS) is 30.0. The molecular weight excluding hydrogens is 572 g/mol. The fraction of sp³-hybridized carbons (Fsp3) is 0.600. The maximum Gasteiger partial charge on any atom is 2.00 e. The first-order valence-electron chi connectivity index (χ1n) is 13.7. The molecule has 11 heteroatoms. The largest absolute Gasteiger partial charge is 2.00 e. The van der Waals surface area contributed by atoms with Crippen molar-refractivity contribution < 1.29 is 36.8 Å². The van der Waals surface area contributed by atoms with Crippen LogP contribution >= 0.6 is 0 Å². The number of hydrogen-bond acceptors (Lipinski definition) is 10. The van der Waals surface area contributed by atoms with Crippen molar-refractivity contribution in [2.75, 3.05) is 40.4 Å². The Bertz CT molecular complexity index is 1200. The Morgan fingerprint density at radius 1 is 0.683 bits per heavy atom. The van der Waals surface area contributed by atoms with Gasteiger partial charge in [-0.2, -0.15) is 0 Å². The van der Waals surface area contributed by atoms with E-state index in [0.717, 1.165) is 22.5 Å². The zero-order valence-corrected chi connectivity index (χ0v) is 26.3. The Morgan fingerprint density at radius 2 is 1.10 bits per heavy atom. The molecule has 10 nitrogen and oxygen atoms in total. The van der Waals surface area contributed by atoms with Gasteiger partial charge in [0.15, 0.2) is 0 Å². The predicted molar refractivity (Wildman–Crippen MR) is 152 cm³/mol. The number of rotatable bonds is 3. The maximum absolute atomic E-state index is 13.7. The summed E-state index contributed by atoms with van der Waals surface area (Å²) >= 11 is 0. The minimum atomic E-state index is -1.20. The summed E-state index contributed by atoms with van der Waals surface area (Å²) in [4.78, 5) is 22.7. The Hall–Kier alpha value is -2.40. The number of ether oxygens (including phenoxy) is 2. The second-order valence-corrected chi connectivity index (χ2v) is 12.7. The topological polar surface area (TPSA) is 122 Å². The zero-order valence-electron chi connectivity index (χ0n) is 25.3. The van der Waals surface area contributed by atoms with E-state index >= 15 is 0 Å². The quantitative estimate of drug-likeness (QED) is 0.479. The SMILES string of the molecule is CO[C@]1(C)CN2Cc3cc(-c4ccncc4)cc(n3)CN(CC(C)(C)N=C1[O-])C[C@](C)(OC)C([O-])=NC(C)(C)C2.[Cu+2]. The molecule has 0 aromatic carbocycles. The number of methoxy groups -OCH3 is 2. The molecule has 0 fully saturated rings.